The molecule has 0 aliphatic carbocycles. The van der Waals surface area contributed by atoms with E-state index in [1.807, 2.05) is 30.3 Å². The highest BCUT2D eigenvalue weighted by Crippen LogP contribution is 2.28. The monoisotopic (exact) mass is 395 g/mol. The van der Waals surface area contributed by atoms with Gasteiger partial charge in [-0.2, -0.15) is 0 Å². The van der Waals surface area contributed by atoms with Crippen LogP contribution in [0.15, 0.2) is 58.5 Å². The van der Waals surface area contributed by atoms with Crippen LogP contribution in [0.2, 0.25) is 0 Å². The molecule has 1 amide bonds. The van der Waals surface area contributed by atoms with Crippen LogP contribution >= 0.6 is 11.3 Å². The molecule has 28 heavy (non-hydrogen) atoms. The summed E-state index contributed by atoms with van der Waals surface area (Å²) in [5, 5.41) is 5.22. The van der Waals surface area contributed by atoms with E-state index in [1.165, 1.54) is 17.7 Å². The number of hydrogen-bond donors (Lipinski definition) is 1. The van der Waals surface area contributed by atoms with Gasteiger partial charge in [0.1, 0.15) is 0 Å². The SMILES string of the molecule is O=C(CCc1ncc(-c2ccccc2)o1)NCC(c1cccs1)N1CCCC1. The van der Waals surface area contributed by atoms with Crippen molar-refractivity contribution in [3.63, 3.8) is 0 Å². The highest BCUT2D eigenvalue weighted by Gasteiger charge is 2.24. The molecule has 1 N–H and O–H groups in total. The topological polar surface area (TPSA) is 58.4 Å². The Hall–Kier alpha value is -2.44. The van der Waals surface area contributed by atoms with E-state index in [0.717, 1.165) is 24.4 Å². The van der Waals surface area contributed by atoms with Crippen molar-refractivity contribution in [2.75, 3.05) is 19.6 Å². The molecule has 146 valence electrons. The van der Waals surface area contributed by atoms with E-state index in [1.54, 1.807) is 17.5 Å². The third-order valence-corrected chi connectivity index (χ3v) is 6.10. The third-order valence-electron chi connectivity index (χ3n) is 5.12. The van der Waals surface area contributed by atoms with Crippen molar-refractivity contribution >= 4 is 17.2 Å². The van der Waals surface area contributed by atoms with Gasteiger partial charge in [-0.05, 0) is 37.4 Å². The van der Waals surface area contributed by atoms with Crippen LogP contribution in [0.25, 0.3) is 11.3 Å². The summed E-state index contributed by atoms with van der Waals surface area (Å²) in [6, 6.07) is 14.4. The first-order chi connectivity index (χ1) is 13.8. The summed E-state index contributed by atoms with van der Waals surface area (Å²) in [5.74, 6) is 1.38. The molecule has 0 saturated carbocycles. The Morgan fingerprint density at radius 3 is 2.75 bits per heavy atom. The maximum absolute atomic E-state index is 12.4. The maximum atomic E-state index is 12.4. The molecule has 1 atom stereocenters. The first-order valence-electron chi connectivity index (χ1n) is 9.84. The normalized spacial score (nSPS) is 15.6. The lowest BCUT2D eigenvalue weighted by Crippen LogP contribution is -2.36. The van der Waals surface area contributed by atoms with Crippen LogP contribution < -0.4 is 5.32 Å². The molecule has 4 rings (SSSR count). The van der Waals surface area contributed by atoms with Gasteiger partial charge in [0.25, 0.3) is 0 Å². The molecule has 0 bridgehead atoms. The zero-order chi connectivity index (χ0) is 19.2. The van der Waals surface area contributed by atoms with Crippen LogP contribution in [0.5, 0.6) is 0 Å². The summed E-state index contributed by atoms with van der Waals surface area (Å²) >= 11 is 1.76. The van der Waals surface area contributed by atoms with Crippen molar-refractivity contribution in [1.29, 1.82) is 0 Å². The number of amides is 1. The summed E-state index contributed by atoms with van der Waals surface area (Å²) in [6.07, 6.45) is 5.09. The summed E-state index contributed by atoms with van der Waals surface area (Å²) in [5.41, 5.74) is 0.995. The fourth-order valence-corrected chi connectivity index (χ4v) is 4.49. The molecular weight excluding hydrogens is 370 g/mol. The predicted octanol–water partition coefficient (Wildman–Crippen LogP) is 4.29. The second-order valence-corrected chi connectivity index (χ2v) is 8.04. The predicted molar refractivity (Wildman–Crippen MR) is 111 cm³/mol. The number of aromatic nitrogens is 1. The Labute approximate surface area is 169 Å². The average Bonchev–Trinajstić information content (AvgIpc) is 3.50. The average molecular weight is 396 g/mol. The van der Waals surface area contributed by atoms with Crippen LogP contribution in [0.4, 0.5) is 0 Å². The number of aryl methyl sites for hydroxylation is 1. The molecular formula is C22H25N3O2S. The van der Waals surface area contributed by atoms with Crippen LogP contribution in [0.3, 0.4) is 0 Å². The second kappa shape index (κ2) is 9.17. The number of likely N-dealkylation sites (tertiary alicyclic amines) is 1. The van der Waals surface area contributed by atoms with Crippen LogP contribution in [-0.4, -0.2) is 35.4 Å². The van der Waals surface area contributed by atoms with Crippen molar-refractivity contribution in [2.24, 2.45) is 0 Å². The molecule has 1 aliphatic heterocycles. The van der Waals surface area contributed by atoms with E-state index < -0.39 is 0 Å². The number of thiophene rings is 1. The van der Waals surface area contributed by atoms with Gasteiger partial charge in [-0.1, -0.05) is 36.4 Å². The lowest BCUT2D eigenvalue weighted by molar-refractivity contribution is -0.121. The van der Waals surface area contributed by atoms with E-state index >= 15 is 0 Å². The lowest BCUT2D eigenvalue weighted by atomic mass is 10.2. The maximum Gasteiger partial charge on any atom is 0.220 e. The number of nitrogens with one attached hydrogen (secondary N) is 1. The molecule has 2 aromatic heterocycles. The summed E-state index contributed by atoms with van der Waals surface area (Å²) in [7, 11) is 0. The highest BCUT2D eigenvalue weighted by atomic mass is 32.1. The van der Waals surface area contributed by atoms with E-state index in [2.05, 4.69) is 32.7 Å². The van der Waals surface area contributed by atoms with Crippen molar-refractivity contribution < 1.29 is 9.21 Å². The van der Waals surface area contributed by atoms with Crippen LogP contribution in [0.1, 0.15) is 36.1 Å². The Bertz CT molecular complexity index is 870. The highest BCUT2D eigenvalue weighted by molar-refractivity contribution is 7.10. The summed E-state index contributed by atoms with van der Waals surface area (Å²) < 4.78 is 5.79. The molecule has 1 aliphatic rings. The number of oxazole rings is 1. The van der Waals surface area contributed by atoms with E-state index in [9.17, 15) is 4.79 Å². The molecule has 1 unspecified atom stereocenters. The molecule has 3 aromatic rings. The fourth-order valence-electron chi connectivity index (χ4n) is 3.62. The van der Waals surface area contributed by atoms with Gasteiger partial charge < -0.3 is 9.73 Å². The lowest BCUT2D eigenvalue weighted by Gasteiger charge is -2.26. The number of carbonyl (C=O) groups is 1. The standard InChI is InChI=1S/C22H25N3O2S/c26-21(10-11-22-24-16-19(27-22)17-7-2-1-3-8-17)23-15-18(20-9-6-14-28-20)25-12-4-5-13-25/h1-3,6-9,14,16,18H,4-5,10-13,15H2,(H,23,26). The molecule has 1 fully saturated rings. The summed E-state index contributed by atoms with van der Waals surface area (Å²) in [4.78, 5) is 20.5. The minimum atomic E-state index is 0.0419. The smallest absolute Gasteiger partial charge is 0.220 e. The molecule has 6 heteroatoms. The minimum Gasteiger partial charge on any atom is -0.441 e. The summed E-state index contributed by atoms with van der Waals surface area (Å²) in [6.45, 7) is 2.87. The molecule has 1 saturated heterocycles. The first-order valence-corrected chi connectivity index (χ1v) is 10.7. The minimum absolute atomic E-state index is 0.0419. The third kappa shape index (κ3) is 4.69. The first kappa shape index (κ1) is 18.9. The van der Waals surface area contributed by atoms with Gasteiger partial charge in [0, 0.05) is 29.8 Å². The van der Waals surface area contributed by atoms with Gasteiger partial charge in [0.15, 0.2) is 11.7 Å². The molecule has 5 nitrogen and oxygen atoms in total. The van der Waals surface area contributed by atoms with Crippen molar-refractivity contribution in [1.82, 2.24) is 15.2 Å². The van der Waals surface area contributed by atoms with Gasteiger partial charge in [-0.3, -0.25) is 9.69 Å². The largest absolute Gasteiger partial charge is 0.441 e. The molecule has 3 heterocycles. The van der Waals surface area contributed by atoms with Gasteiger partial charge in [0.2, 0.25) is 5.91 Å². The Morgan fingerprint density at radius 1 is 1.18 bits per heavy atom. The van der Waals surface area contributed by atoms with Gasteiger partial charge >= 0.3 is 0 Å². The van der Waals surface area contributed by atoms with Crippen molar-refractivity contribution in [3.8, 4) is 11.3 Å². The fraction of sp³-hybridized carbons (Fsp3) is 0.364. The Kier molecular flexibility index (Phi) is 6.19. The Balaban J connectivity index is 1.29. The number of hydrogen-bond acceptors (Lipinski definition) is 5. The molecule has 1 aromatic carbocycles. The van der Waals surface area contributed by atoms with Crippen molar-refractivity contribution in [3.05, 3.63) is 64.8 Å². The van der Waals surface area contributed by atoms with Gasteiger partial charge in [-0.25, -0.2) is 4.98 Å². The second-order valence-electron chi connectivity index (χ2n) is 7.06. The molecule has 0 radical (unpaired) electrons. The van der Waals surface area contributed by atoms with Gasteiger partial charge in [-0.15, -0.1) is 11.3 Å². The van der Waals surface area contributed by atoms with Gasteiger partial charge in [0.05, 0.1) is 12.2 Å². The van der Waals surface area contributed by atoms with Crippen molar-refractivity contribution in [2.45, 2.75) is 31.7 Å². The number of nitrogens with zero attached hydrogens (tertiary/aromatic N) is 2. The van der Waals surface area contributed by atoms with E-state index in [0.29, 0.717) is 25.3 Å². The number of rotatable bonds is 8. The Morgan fingerprint density at radius 2 is 2.00 bits per heavy atom. The van der Waals surface area contributed by atoms with E-state index in [4.69, 9.17) is 4.42 Å². The number of benzene rings is 1. The van der Waals surface area contributed by atoms with Crippen LogP contribution in [-0.2, 0) is 11.2 Å². The zero-order valence-corrected chi connectivity index (χ0v) is 16.7. The van der Waals surface area contributed by atoms with E-state index in [-0.39, 0.29) is 11.9 Å². The zero-order valence-electron chi connectivity index (χ0n) is 15.8. The number of carbonyl (C=O) groups excluding carboxylic acids is 1. The quantitative estimate of drug-likeness (QED) is 0.618. The van der Waals surface area contributed by atoms with Crippen LogP contribution in [0, 0.1) is 0 Å². The molecule has 0 spiro atoms.